The topological polar surface area (TPSA) is 93.4 Å². The van der Waals surface area contributed by atoms with Crippen molar-refractivity contribution in [2.75, 3.05) is 44.1 Å². The second-order valence-corrected chi connectivity index (χ2v) is 4.80. The number of ether oxygens (including phenoxy) is 1. The monoisotopic (exact) mass is 281 g/mol. The van der Waals surface area contributed by atoms with Crippen LogP contribution in [0.4, 0.5) is 17.5 Å². The first kappa shape index (κ1) is 14.4. The molecule has 1 aliphatic rings. The van der Waals surface area contributed by atoms with Crippen LogP contribution >= 0.6 is 0 Å². The Balaban J connectivity index is 2.17. The lowest BCUT2D eigenvalue weighted by atomic mass is 9.98. The van der Waals surface area contributed by atoms with Gasteiger partial charge in [-0.05, 0) is 18.8 Å². The number of anilines is 2. The van der Waals surface area contributed by atoms with Crippen LogP contribution in [-0.2, 0) is 4.74 Å². The molecule has 8 heteroatoms. The Bertz CT molecular complexity index is 474. The Morgan fingerprint density at radius 3 is 2.80 bits per heavy atom. The van der Waals surface area contributed by atoms with Crippen molar-refractivity contribution in [1.29, 1.82) is 0 Å². The van der Waals surface area contributed by atoms with E-state index in [9.17, 15) is 10.1 Å². The van der Waals surface area contributed by atoms with Crippen LogP contribution in [0, 0.1) is 16.0 Å². The van der Waals surface area contributed by atoms with E-state index in [2.05, 4.69) is 15.3 Å². The van der Waals surface area contributed by atoms with Crippen molar-refractivity contribution in [3.63, 3.8) is 0 Å². The Morgan fingerprint density at radius 2 is 2.25 bits per heavy atom. The minimum Gasteiger partial charge on any atom is -0.384 e. The molecule has 110 valence electrons. The van der Waals surface area contributed by atoms with E-state index in [0.717, 1.165) is 32.5 Å². The van der Waals surface area contributed by atoms with Gasteiger partial charge in [0.05, 0.1) is 4.92 Å². The Kier molecular flexibility index (Phi) is 4.67. The maximum Gasteiger partial charge on any atom is 0.329 e. The molecule has 0 bridgehead atoms. The van der Waals surface area contributed by atoms with E-state index in [-0.39, 0.29) is 5.69 Å². The SMILES string of the molecule is CNc1ncc([N+](=O)[O-])c(N2CCC(COC)CC2)n1. The summed E-state index contributed by atoms with van der Waals surface area (Å²) in [7, 11) is 3.39. The number of piperidine rings is 1. The molecular formula is C12H19N5O3. The van der Waals surface area contributed by atoms with Gasteiger partial charge in [0.25, 0.3) is 0 Å². The average Bonchev–Trinajstić information content (AvgIpc) is 2.47. The van der Waals surface area contributed by atoms with Crippen LogP contribution in [-0.4, -0.2) is 48.7 Å². The summed E-state index contributed by atoms with van der Waals surface area (Å²) in [6.07, 6.45) is 3.16. The molecule has 0 saturated carbocycles. The van der Waals surface area contributed by atoms with E-state index in [1.165, 1.54) is 6.20 Å². The summed E-state index contributed by atoms with van der Waals surface area (Å²) >= 11 is 0. The quantitative estimate of drug-likeness (QED) is 0.642. The van der Waals surface area contributed by atoms with E-state index >= 15 is 0 Å². The number of aromatic nitrogens is 2. The largest absolute Gasteiger partial charge is 0.384 e. The highest BCUT2D eigenvalue weighted by atomic mass is 16.6. The van der Waals surface area contributed by atoms with Gasteiger partial charge < -0.3 is 15.0 Å². The molecular weight excluding hydrogens is 262 g/mol. The van der Waals surface area contributed by atoms with E-state index in [0.29, 0.717) is 17.7 Å². The lowest BCUT2D eigenvalue weighted by molar-refractivity contribution is -0.384. The number of nitrogens with zero attached hydrogens (tertiary/aromatic N) is 4. The molecule has 0 radical (unpaired) electrons. The zero-order chi connectivity index (χ0) is 14.5. The smallest absolute Gasteiger partial charge is 0.329 e. The summed E-state index contributed by atoms with van der Waals surface area (Å²) < 4.78 is 5.16. The molecule has 2 heterocycles. The maximum absolute atomic E-state index is 11.1. The summed E-state index contributed by atoms with van der Waals surface area (Å²) in [4.78, 5) is 20.8. The predicted molar refractivity (Wildman–Crippen MR) is 75.0 cm³/mol. The third-order valence-corrected chi connectivity index (χ3v) is 3.49. The van der Waals surface area contributed by atoms with Gasteiger partial charge in [-0.2, -0.15) is 4.98 Å². The number of rotatable bonds is 5. The second-order valence-electron chi connectivity index (χ2n) is 4.80. The third-order valence-electron chi connectivity index (χ3n) is 3.49. The predicted octanol–water partition coefficient (Wildman–Crippen LogP) is 1.29. The molecule has 1 saturated heterocycles. The molecule has 1 fully saturated rings. The fourth-order valence-electron chi connectivity index (χ4n) is 2.40. The fourth-order valence-corrected chi connectivity index (χ4v) is 2.40. The number of hydrogen-bond acceptors (Lipinski definition) is 7. The zero-order valence-electron chi connectivity index (χ0n) is 11.7. The summed E-state index contributed by atoms with van der Waals surface area (Å²) in [6.45, 7) is 2.23. The van der Waals surface area contributed by atoms with Crippen LogP contribution in [0.2, 0.25) is 0 Å². The summed E-state index contributed by atoms with van der Waals surface area (Å²) in [5, 5.41) is 13.9. The van der Waals surface area contributed by atoms with E-state index in [4.69, 9.17) is 4.74 Å². The number of methoxy groups -OCH3 is 1. The molecule has 0 unspecified atom stereocenters. The van der Waals surface area contributed by atoms with Crippen molar-refractivity contribution in [2.45, 2.75) is 12.8 Å². The lowest BCUT2D eigenvalue weighted by Crippen LogP contribution is -2.36. The van der Waals surface area contributed by atoms with Crippen molar-refractivity contribution in [3.8, 4) is 0 Å². The van der Waals surface area contributed by atoms with Gasteiger partial charge in [-0.3, -0.25) is 10.1 Å². The zero-order valence-corrected chi connectivity index (χ0v) is 11.7. The third kappa shape index (κ3) is 3.13. The van der Waals surface area contributed by atoms with Gasteiger partial charge in [-0.15, -0.1) is 0 Å². The van der Waals surface area contributed by atoms with Crippen molar-refractivity contribution in [3.05, 3.63) is 16.3 Å². The van der Waals surface area contributed by atoms with Gasteiger partial charge in [-0.1, -0.05) is 0 Å². The molecule has 0 atom stereocenters. The summed E-state index contributed by atoms with van der Waals surface area (Å²) in [5.74, 6) is 1.30. The van der Waals surface area contributed by atoms with Crippen molar-refractivity contribution in [1.82, 2.24) is 9.97 Å². The van der Waals surface area contributed by atoms with Crippen molar-refractivity contribution < 1.29 is 9.66 Å². The van der Waals surface area contributed by atoms with Gasteiger partial charge in [0, 0.05) is 33.9 Å². The minimum atomic E-state index is -0.435. The van der Waals surface area contributed by atoms with Gasteiger partial charge >= 0.3 is 5.69 Å². The average molecular weight is 281 g/mol. The van der Waals surface area contributed by atoms with E-state index in [1.807, 2.05) is 4.90 Å². The lowest BCUT2D eigenvalue weighted by Gasteiger charge is -2.32. The molecule has 1 aliphatic heterocycles. The van der Waals surface area contributed by atoms with Crippen LogP contribution in [0.3, 0.4) is 0 Å². The Hall–Kier alpha value is -1.96. The van der Waals surface area contributed by atoms with Crippen molar-refractivity contribution in [2.24, 2.45) is 5.92 Å². The first-order valence-electron chi connectivity index (χ1n) is 6.58. The molecule has 2 rings (SSSR count). The fraction of sp³-hybridized carbons (Fsp3) is 0.667. The highest BCUT2D eigenvalue weighted by Crippen LogP contribution is 2.29. The maximum atomic E-state index is 11.1. The van der Waals surface area contributed by atoms with Crippen molar-refractivity contribution >= 4 is 17.5 Å². The molecule has 0 spiro atoms. The van der Waals surface area contributed by atoms with Gasteiger partial charge in [-0.25, -0.2) is 4.98 Å². The van der Waals surface area contributed by atoms with Gasteiger partial charge in [0.15, 0.2) is 0 Å². The standard InChI is InChI=1S/C12H19N5O3/c1-13-12-14-7-10(17(18)19)11(15-12)16-5-3-9(4-6-16)8-20-2/h7,9H,3-6,8H2,1-2H3,(H,13,14,15). The summed E-state index contributed by atoms with van der Waals surface area (Å²) in [5.41, 5.74) is -0.0470. The number of hydrogen-bond donors (Lipinski definition) is 1. The van der Waals surface area contributed by atoms with Crippen LogP contribution in [0.15, 0.2) is 6.20 Å². The Morgan fingerprint density at radius 1 is 1.55 bits per heavy atom. The molecule has 0 amide bonds. The molecule has 0 aliphatic carbocycles. The minimum absolute atomic E-state index is 0.0470. The van der Waals surface area contributed by atoms with Crippen LogP contribution < -0.4 is 10.2 Å². The summed E-state index contributed by atoms with van der Waals surface area (Å²) in [6, 6.07) is 0. The normalized spacial score (nSPS) is 16.2. The van der Waals surface area contributed by atoms with Gasteiger partial charge in [0.2, 0.25) is 11.8 Å². The van der Waals surface area contributed by atoms with Gasteiger partial charge in [0.1, 0.15) is 6.20 Å². The van der Waals surface area contributed by atoms with E-state index in [1.54, 1.807) is 14.2 Å². The Labute approximate surface area is 117 Å². The van der Waals surface area contributed by atoms with Crippen LogP contribution in [0.1, 0.15) is 12.8 Å². The first-order chi connectivity index (χ1) is 9.65. The first-order valence-corrected chi connectivity index (χ1v) is 6.58. The number of nitro groups is 1. The molecule has 1 aromatic heterocycles. The molecule has 1 aromatic rings. The molecule has 8 nitrogen and oxygen atoms in total. The highest BCUT2D eigenvalue weighted by Gasteiger charge is 2.27. The highest BCUT2D eigenvalue weighted by molar-refractivity contribution is 5.59. The molecule has 20 heavy (non-hydrogen) atoms. The van der Waals surface area contributed by atoms with Crippen LogP contribution in [0.5, 0.6) is 0 Å². The van der Waals surface area contributed by atoms with E-state index < -0.39 is 4.92 Å². The molecule has 1 N–H and O–H groups in total. The molecule has 0 aromatic carbocycles. The second kappa shape index (κ2) is 6.47. The number of nitrogens with one attached hydrogen (secondary N) is 1. The van der Waals surface area contributed by atoms with Crippen LogP contribution in [0.25, 0.3) is 0 Å².